The number of unbranched alkanes of at least 4 members (excludes halogenated alkanes) is 2. The van der Waals surface area contributed by atoms with Crippen LogP contribution in [0, 0.1) is 0 Å². The highest BCUT2D eigenvalue weighted by atomic mass is 35.5. The van der Waals surface area contributed by atoms with Crippen molar-refractivity contribution >= 4 is 17.4 Å². The molecule has 1 aromatic rings. The fraction of sp³-hybridized carbons (Fsp3) is 0.556. The van der Waals surface area contributed by atoms with Crippen LogP contribution in [0.15, 0.2) is 12.4 Å². The fourth-order valence-corrected chi connectivity index (χ4v) is 1.09. The smallest absolute Gasteiger partial charge is 0.147 e. The van der Waals surface area contributed by atoms with Crippen molar-refractivity contribution in [3.63, 3.8) is 0 Å². The second-order valence-electron chi connectivity index (χ2n) is 2.86. The lowest BCUT2D eigenvalue weighted by Crippen LogP contribution is -2.03. The molecule has 0 bridgehead atoms. The van der Waals surface area contributed by atoms with E-state index in [4.69, 9.17) is 11.6 Å². The summed E-state index contributed by atoms with van der Waals surface area (Å²) in [4.78, 5) is 7.99. The third kappa shape index (κ3) is 4.08. The highest BCUT2D eigenvalue weighted by Crippen LogP contribution is 2.05. The molecule has 1 rings (SSSR count). The Kier molecular flexibility index (Phi) is 4.54. The van der Waals surface area contributed by atoms with E-state index < -0.39 is 0 Å². The summed E-state index contributed by atoms with van der Waals surface area (Å²) < 4.78 is 0. The molecule has 0 amide bonds. The van der Waals surface area contributed by atoms with Crippen molar-refractivity contribution in [1.82, 2.24) is 9.97 Å². The maximum atomic E-state index is 5.59. The number of hydrogen-bond donors (Lipinski definition) is 1. The zero-order valence-electron chi connectivity index (χ0n) is 7.76. The molecule has 1 aromatic heterocycles. The van der Waals surface area contributed by atoms with Crippen LogP contribution in [0.25, 0.3) is 0 Å². The largest absolute Gasteiger partial charge is 0.369 e. The van der Waals surface area contributed by atoms with E-state index in [0.717, 1.165) is 12.4 Å². The third-order valence-electron chi connectivity index (χ3n) is 1.71. The normalized spacial score (nSPS) is 10.0. The fourth-order valence-electron chi connectivity index (χ4n) is 0.995. The Bertz CT molecular complexity index is 235. The molecule has 1 heterocycles. The summed E-state index contributed by atoms with van der Waals surface area (Å²) in [6.45, 7) is 3.13. The second kappa shape index (κ2) is 5.75. The molecule has 0 fully saturated rings. The van der Waals surface area contributed by atoms with Gasteiger partial charge in [0.05, 0.1) is 12.4 Å². The lowest BCUT2D eigenvalue weighted by molar-refractivity contribution is 0.742. The van der Waals surface area contributed by atoms with E-state index in [2.05, 4.69) is 22.2 Å². The number of nitrogens with one attached hydrogen (secondary N) is 1. The molecule has 0 aliphatic rings. The van der Waals surface area contributed by atoms with Crippen LogP contribution in [0.2, 0.25) is 5.15 Å². The number of aromatic nitrogens is 2. The summed E-state index contributed by atoms with van der Waals surface area (Å²) in [5, 5.41) is 3.60. The molecule has 1 N–H and O–H groups in total. The molecule has 0 atom stereocenters. The maximum Gasteiger partial charge on any atom is 0.147 e. The molecule has 3 nitrogen and oxygen atoms in total. The summed E-state index contributed by atoms with van der Waals surface area (Å²) in [5.74, 6) is 0.792. The Hall–Kier alpha value is -0.830. The van der Waals surface area contributed by atoms with Crippen molar-refractivity contribution < 1.29 is 0 Å². The van der Waals surface area contributed by atoms with Crippen LogP contribution in [-0.4, -0.2) is 16.5 Å². The van der Waals surface area contributed by atoms with Gasteiger partial charge in [0.15, 0.2) is 0 Å². The molecule has 0 aliphatic heterocycles. The highest BCUT2D eigenvalue weighted by Gasteiger charge is 1.93. The summed E-state index contributed by atoms with van der Waals surface area (Å²) in [5.41, 5.74) is 0. The zero-order valence-corrected chi connectivity index (χ0v) is 8.51. The Balaban J connectivity index is 2.25. The van der Waals surface area contributed by atoms with Crippen molar-refractivity contribution in [3.05, 3.63) is 17.5 Å². The van der Waals surface area contributed by atoms with Crippen LogP contribution in [0.3, 0.4) is 0 Å². The van der Waals surface area contributed by atoms with Crippen molar-refractivity contribution in [2.75, 3.05) is 11.9 Å². The van der Waals surface area contributed by atoms with Gasteiger partial charge in [-0.1, -0.05) is 31.4 Å². The quantitative estimate of drug-likeness (QED) is 0.742. The van der Waals surface area contributed by atoms with E-state index in [1.54, 1.807) is 12.4 Å². The highest BCUT2D eigenvalue weighted by molar-refractivity contribution is 6.29. The van der Waals surface area contributed by atoms with Crippen LogP contribution >= 0.6 is 11.6 Å². The number of anilines is 1. The SMILES string of the molecule is CCCCCNc1cnc(Cl)cn1. The number of rotatable bonds is 5. The predicted octanol–water partition coefficient (Wildman–Crippen LogP) is 2.73. The van der Waals surface area contributed by atoms with Crippen LogP contribution < -0.4 is 5.32 Å². The summed E-state index contributed by atoms with van der Waals surface area (Å²) >= 11 is 5.59. The lowest BCUT2D eigenvalue weighted by atomic mass is 10.2. The molecular formula is C9H14ClN3. The van der Waals surface area contributed by atoms with Gasteiger partial charge in [-0.05, 0) is 6.42 Å². The van der Waals surface area contributed by atoms with Crippen LogP contribution in [0.1, 0.15) is 26.2 Å². The van der Waals surface area contributed by atoms with Gasteiger partial charge in [0, 0.05) is 6.54 Å². The number of halogens is 1. The van der Waals surface area contributed by atoms with Crippen molar-refractivity contribution in [2.24, 2.45) is 0 Å². The van der Waals surface area contributed by atoms with Gasteiger partial charge in [-0.3, -0.25) is 0 Å². The molecule has 4 heteroatoms. The monoisotopic (exact) mass is 199 g/mol. The Morgan fingerprint density at radius 3 is 2.77 bits per heavy atom. The molecular weight excluding hydrogens is 186 g/mol. The van der Waals surface area contributed by atoms with Gasteiger partial charge in [-0.2, -0.15) is 0 Å². The second-order valence-corrected chi connectivity index (χ2v) is 3.25. The first-order valence-corrected chi connectivity index (χ1v) is 4.92. The van der Waals surface area contributed by atoms with Crippen LogP contribution in [0.4, 0.5) is 5.82 Å². The minimum atomic E-state index is 0.430. The van der Waals surface area contributed by atoms with Gasteiger partial charge in [-0.15, -0.1) is 0 Å². The standard InChI is InChI=1S/C9H14ClN3/c1-2-3-4-5-11-9-7-12-8(10)6-13-9/h6-7H,2-5H2,1H3,(H,11,13). The summed E-state index contributed by atoms with van der Waals surface area (Å²) in [6, 6.07) is 0. The average Bonchev–Trinajstić information content (AvgIpc) is 2.15. The van der Waals surface area contributed by atoms with Gasteiger partial charge in [-0.25, -0.2) is 9.97 Å². The van der Waals surface area contributed by atoms with E-state index >= 15 is 0 Å². The molecule has 72 valence electrons. The zero-order chi connectivity index (χ0) is 9.52. The summed E-state index contributed by atoms with van der Waals surface area (Å²) in [7, 11) is 0. The molecule has 0 saturated carbocycles. The lowest BCUT2D eigenvalue weighted by Gasteiger charge is -2.03. The van der Waals surface area contributed by atoms with Gasteiger partial charge in [0.25, 0.3) is 0 Å². The molecule has 13 heavy (non-hydrogen) atoms. The third-order valence-corrected chi connectivity index (χ3v) is 1.90. The predicted molar refractivity (Wildman–Crippen MR) is 55.1 cm³/mol. The van der Waals surface area contributed by atoms with Crippen molar-refractivity contribution in [1.29, 1.82) is 0 Å². The minimum Gasteiger partial charge on any atom is -0.369 e. The van der Waals surface area contributed by atoms with E-state index in [1.807, 2.05) is 0 Å². The molecule has 0 spiro atoms. The topological polar surface area (TPSA) is 37.8 Å². The molecule has 0 aromatic carbocycles. The van der Waals surface area contributed by atoms with Gasteiger partial charge in [0.1, 0.15) is 11.0 Å². The van der Waals surface area contributed by atoms with Crippen molar-refractivity contribution in [3.8, 4) is 0 Å². The van der Waals surface area contributed by atoms with Crippen LogP contribution in [-0.2, 0) is 0 Å². The maximum absolute atomic E-state index is 5.59. The van der Waals surface area contributed by atoms with Crippen LogP contribution in [0.5, 0.6) is 0 Å². The first-order chi connectivity index (χ1) is 6.33. The van der Waals surface area contributed by atoms with Gasteiger partial charge < -0.3 is 5.32 Å². The van der Waals surface area contributed by atoms with Gasteiger partial charge >= 0.3 is 0 Å². The summed E-state index contributed by atoms with van der Waals surface area (Å²) in [6.07, 6.45) is 6.83. The number of hydrogen-bond acceptors (Lipinski definition) is 3. The van der Waals surface area contributed by atoms with E-state index in [9.17, 15) is 0 Å². The Morgan fingerprint density at radius 1 is 1.31 bits per heavy atom. The molecule has 0 aliphatic carbocycles. The molecule has 0 radical (unpaired) electrons. The molecule has 0 saturated heterocycles. The first-order valence-electron chi connectivity index (χ1n) is 4.54. The van der Waals surface area contributed by atoms with E-state index in [0.29, 0.717) is 5.15 Å². The average molecular weight is 200 g/mol. The van der Waals surface area contributed by atoms with Crippen molar-refractivity contribution in [2.45, 2.75) is 26.2 Å². The first kappa shape index (κ1) is 10.3. The molecule has 0 unspecified atom stereocenters. The van der Waals surface area contributed by atoms with E-state index in [-0.39, 0.29) is 0 Å². The van der Waals surface area contributed by atoms with Gasteiger partial charge in [0.2, 0.25) is 0 Å². The number of nitrogens with zero attached hydrogens (tertiary/aromatic N) is 2. The van der Waals surface area contributed by atoms with E-state index in [1.165, 1.54) is 19.3 Å². The minimum absolute atomic E-state index is 0.430. The Labute approximate surface area is 83.5 Å². The Morgan fingerprint density at radius 2 is 2.15 bits per heavy atom.